The van der Waals surface area contributed by atoms with E-state index in [1.807, 2.05) is 44.2 Å². The predicted octanol–water partition coefficient (Wildman–Crippen LogP) is 5.86. The second-order valence-corrected chi connectivity index (χ2v) is 8.56. The van der Waals surface area contributed by atoms with E-state index in [4.69, 9.17) is 9.47 Å². The van der Waals surface area contributed by atoms with Crippen molar-refractivity contribution < 1.29 is 23.0 Å². The Morgan fingerprint density at radius 2 is 1.78 bits per heavy atom. The van der Waals surface area contributed by atoms with Crippen molar-refractivity contribution in [1.82, 2.24) is 4.90 Å². The third-order valence-electron chi connectivity index (χ3n) is 6.40. The molecule has 2 aromatic carbocycles. The van der Waals surface area contributed by atoms with Gasteiger partial charge in [0.1, 0.15) is 11.5 Å². The molecule has 6 heteroatoms. The highest BCUT2D eigenvalue weighted by Crippen LogP contribution is 2.26. The number of rotatable bonds is 10. The third-order valence-corrected chi connectivity index (χ3v) is 6.40. The monoisotopic (exact) mass is 445 g/mol. The molecule has 0 N–H and O–H groups in total. The quantitative estimate of drug-likeness (QED) is 0.261. The maximum absolute atomic E-state index is 14.6. The van der Waals surface area contributed by atoms with Gasteiger partial charge in [0.05, 0.1) is 12.2 Å². The normalized spacial score (nSPS) is 15.6. The number of ether oxygens (including phenoxy) is 2. The number of hydrogen-bond acceptors (Lipinski definition) is 4. The summed E-state index contributed by atoms with van der Waals surface area (Å²) in [7, 11) is 0. The number of carbonyl (C=O) groups is 1. The lowest BCUT2D eigenvalue weighted by Gasteiger charge is -2.36. The molecule has 0 unspecified atom stereocenters. The molecule has 1 fully saturated rings. The van der Waals surface area contributed by atoms with Gasteiger partial charge in [-0.1, -0.05) is 50.2 Å². The summed E-state index contributed by atoms with van der Waals surface area (Å²) in [6.07, 6.45) is 2.95. The number of nitrogens with zero attached hydrogens (tertiary/aromatic N) is 1. The van der Waals surface area contributed by atoms with Crippen molar-refractivity contribution in [3.63, 3.8) is 0 Å². The van der Waals surface area contributed by atoms with E-state index in [1.165, 1.54) is 6.07 Å². The first kappa shape index (κ1) is 24.3. The van der Waals surface area contributed by atoms with Gasteiger partial charge in [-0.25, -0.2) is 13.6 Å². The van der Waals surface area contributed by atoms with Crippen LogP contribution >= 0.6 is 0 Å². The van der Waals surface area contributed by atoms with Gasteiger partial charge in [-0.05, 0) is 62.4 Å². The van der Waals surface area contributed by atoms with Gasteiger partial charge in [0.2, 0.25) is 0 Å². The van der Waals surface area contributed by atoms with Gasteiger partial charge in [0.15, 0.2) is 6.79 Å². The molecular weight excluding hydrogens is 412 g/mol. The minimum atomic E-state index is -1.10. The number of benzene rings is 2. The maximum atomic E-state index is 14.6. The Labute approximate surface area is 189 Å². The molecule has 0 bridgehead atoms. The van der Waals surface area contributed by atoms with E-state index >= 15 is 0 Å². The molecule has 1 heterocycles. The van der Waals surface area contributed by atoms with Gasteiger partial charge in [-0.2, -0.15) is 0 Å². The van der Waals surface area contributed by atoms with Gasteiger partial charge in [-0.3, -0.25) is 0 Å². The van der Waals surface area contributed by atoms with Crippen LogP contribution < -0.4 is 0 Å². The Hall–Kier alpha value is -2.31. The van der Waals surface area contributed by atoms with Crippen LogP contribution in [0.4, 0.5) is 8.78 Å². The van der Waals surface area contributed by atoms with Crippen molar-refractivity contribution in [1.29, 1.82) is 0 Å². The number of esters is 1. The summed E-state index contributed by atoms with van der Waals surface area (Å²) in [6.45, 7) is 6.32. The number of piperidine rings is 1. The Balaban J connectivity index is 1.38. The molecule has 0 aliphatic carbocycles. The van der Waals surface area contributed by atoms with E-state index in [9.17, 15) is 13.6 Å². The summed E-state index contributed by atoms with van der Waals surface area (Å²) >= 11 is 0. The molecule has 0 saturated carbocycles. The van der Waals surface area contributed by atoms with Crippen molar-refractivity contribution in [3.8, 4) is 11.1 Å². The van der Waals surface area contributed by atoms with Crippen LogP contribution in [0.5, 0.6) is 0 Å². The van der Waals surface area contributed by atoms with Crippen molar-refractivity contribution in [3.05, 3.63) is 59.9 Å². The van der Waals surface area contributed by atoms with Gasteiger partial charge >= 0.3 is 5.97 Å². The highest BCUT2D eigenvalue weighted by atomic mass is 19.1. The number of likely N-dealkylation sites (tertiary alicyclic amines) is 1. The molecule has 0 amide bonds. The molecule has 174 valence electrons. The fourth-order valence-corrected chi connectivity index (χ4v) is 4.07. The van der Waals surface area contributed by atoms with Crippen LogP contribution in [0.1, 0.15) is 49.9 Å². The van der Waals surface area contributed by atoms with E-state index in [-0.39, 0.29) is 12.4 Å². The molecule has 32 heavy (non-hydrogen) atoms. The number of hydrogen-bond donors (Lipinski definition) is 0. The Kier molecular flexibility index (Phi) is 8.76. The van der Waals surface area contributed by atoms with E-state index in [1.54, 1.807) is 12.1 Å². The smallest absolute Gasteiger partial charge is 0.340 e. The van der Waals surface area contributed by atoms with E-state index < -0.39 is 17.5 Å². The standard InChI is InChI=1S/C26H33F2NO3/c1-3-26(28,4-2)18-29-14-12-20(13-15-29)17-31-19-32-25(30)22-10-11-23(24(27)16-22)21-8-6-5-7-9-21/h5-11,16,20H,3-4,12-15,17-19H2,1-2H3. The van der Waals surface area contributed by atoms with Crippen molar-refractivity contribution in [2.75, 3.05) is 33.0 Å². The number of alkyl halides is 1. The van der Waals surface area contributed by atoms with Crippen molar-refractivity contribution >= 4 is 5.97 Å². The first-order valence-corrected chi connectivity index (χ1v) is 11.4. The molecule has 1 saturated heterocycles. The van der Waals surface area contributed by atoms with Crippen LogP contribution in [0.3, 0.4) is 0 Å². The molecule has 2 aromatic rings. The minimum absolute atomic E-state index is 0.153. The second kappa shape index (κ2) is 11.5. The van der Waals surface area contributed by atoms with E-state index in [2.05, 4.69) is 4.90 Å². The molecule has 1 aliphatic rings. The van der Waals surface area contributed by atoms with Crippen LogP contribution in [0.15, 0.2) is 48.5 Å². The second-order valence-electron chi connectivity index (χ2n) is 8.56. The summed E-state index contributed by atoms with van der Waals surface area (Å²) in [4.78, 5) is 14.4. The lowest BCUT2D eigenvalue weighted by atomic mass is 9.94. The molecule has 4 nitrogen and oxygen atoms in total. The van der Waals surface area contributed by atoms with Gasteiger partial charge < -0.3 is 14.4 Å². The lowest BCUT2D eigenvalue weighted by Crippen LogP contribution is -2.43. The molecule has 1 aliphatic heterocycles. The van der Waals surface area contributed by atoms with Crippen LogP contribution in [0, 0.1) is 11.7 Å². The van der Waals surface area contributed by atoms with Crippen LogP contribution in [0.25, 0.3) is 11.1 Å². The Bertz CT molecular complexity index is 863. The van der Waals surface area contributed by atoms with Gasteiger partial charge in [0, 0.05) is 12.1 Å². The average molecular weight is 446 g/mol. The molecule has 0 radical (unpaired) electrons. The summed E-state index contributed by atoms with van der Waals surface area (Å²) < 4.78 is 39.7. The maximum Gasteiger partial charge on any atom is 0.340 e. The van der Waals surface area contributed by atoms with Crippen LogP contribution in [-0.2, 0) is 9.47 Å². The lowest BCUT2D eigenvalue weighted by molar-refractivity contribution is -0.0485. The first-order chi connectivity index (χ1) is 15.4. The van der Waals surface area contributed by atoms with E-state index in [0.29, 0.717) is 37.5 Å². The Morgan fingerprint density at radius 1 is 1.09 bits per heavy atom. The topological polar surface area (TPSA) is 38.8 Å². The largest absolute Gasteiger partial charge is 0.435 e. The summed E-state index contributed by atoms with van der Waals surface area (Å²) in [6, 6.07) is 13.5. The highest BCUT2D eigenvalue weighted by Gasteiger charge is 2.30. The summed E-state index contributed by atoms with van der Waals surface area (Å²) in [5.74, 6) is -0.719. The Morgan fingerprint density at radius 3 is 2.41 bits per heavy atom. The SMILES string of the molecule is CCC(F)(CC)CN1CCC(COCOC(=O)c2ccc(-c3ccccc3)c(F)c2)CC1. The molecule has 0 aromatic heterocycles. The van der Waals surface area contributed by atoms with Gasteiger partial charge in [-0.15, -0.1) is 0 Å². The van der Waals surface area contributed by atoms with Crippen LogP contribution in [0.2, 0.25) is 0 Å². The highest BCUT2D eigenvalue weighted by molar-refractivity contribution is 5.90. The van der Waals surface area contributed by atoms with Crippen molar-refractivity contribution in [2.45, 2.75) is 45.2 Å². The summed E-state index contributed by atoms with van der Waals surface area (Å²) in [5.41, 5.74) is 0.241. The first-order valence-electron chi connectivity index (χ1n) is 11.4. The number of carbonyl (C=O) groups excluding carboxylic acids is 1. The third kappa shape index (κ3) is 6.59. The van der Waals surface area contributed by atoms with Crippen LogP contribution in [-0.4, -0.2) is 49.6 Å². The fourth-order valence-electron chi connectivity index (χ4n) is 4.07. The molecule has 0 atom stereocenters. The van der Waals surface area contributed by atoms with Crippen molar-refractivity contribution in [2.24, 2.45) is 5.92 Å². The average Bonchev–Trinajstić information content (AvgIpc) is 2.83. The van der Waals surface area contributed by atoms with Gasteiger partial charge in [0.25, 0.3) is 0 Å². The molecule has 0 spiro atoms. The van der Waals surface area contributed by atoms with E-state index in [0.717, 1.165) is 31.5 Å². The fraction of sp³-hybridized carbons (Fsp3) is 0.500. The number of halogens is 2. The molecular formula is C26H33F2NO3. The summed E-state index contributed by atoms with van der Waals surface area (Å²) in [5, 5.41) is 0. The zero-order valence-corrected chi connectivity index (χ0v) is 19.0. The predicted molar refractivity (Wildman–Crippen MR) is 122 cm³/mol. The zero-order chi connectivity index (χ0) is 23.0. The minimum Gasteiger partial charge on any atom is -0.435 e. The zero-order valence-electron chi connectivity index (χ0n) is 19.0. The molecule has 3 rings (SSSR count).